The molecule has 0 aromatic rings. The maximum atomic E-state index is 11.1. The molecular weight excluding hydrogens is 192 g/mol. The van der Waals surface area contributed by atoms with E-state index < -0.39 is 12.2 Å². The summed E-state index contributed by atoms with van der Waals surface area (Å²) in [6.07, 6.45) is -1.82. The number of carbonyl (C=O) groups is 2. The molecule has 8 heteroatoms. The highest BCUT2D eigenvalue weighted by Gasteiger charge is 2.31. The number of likely N-dealkylation sites (tertiary alicyclic amines) is 1. The van der Waals surface area contributed by atoms with E-state index in [1.165, 1.54) is 0 Å². The number of rotatable bonds is 0. The van der Waals surface area contributed by atoms with Crippen LogP contribution in [0.3, 0.4) is 0 Å². The fourth-order valence-electron chi connectivity index (χ4n) is 0.958. The van der Waals surface area contributed by atoms with Crippen LogP contribution in [-0.4, -0.2) is 28.8 Å². The predicted molar refractivity (Wildman–Crippen MR) is 43.7 cm³/mol. The van der Waals surface area contributed by atoms with E-state index >= 15 is 0 Å². The molecule has 0 atom stereocenters. The Balaban J connectivity index is 2.55. The molecule has 8 nitrogen and oxygen atoms in total. The van der Waals surface area contributed by atoms with E-state index in [2.05, 4.69) is 15.5 Å². The van der Waals surface area contributed by atoms with Gasteiger partial charge < -0.3 is 5.73 Å². The fourth-order valence-corrected chi connectivity index (χ4v) is 0.958. The van der Waals surface area contributed by atoms with Gasteiger partial charge in [-0.2, -0.15) is 0 Å². The number of nitrogens with zero attached hydrogens (tertiary/aromatic N) is 1. The maximum absolute atomic E-state index is 11.1. The van der Waals surface area contributed by atoms with Crippen LogP contribution in [0, 0.1) is 10.8 Å². The zero-order valence-corrected chi connectivity index (χ0v) is 7.07. The van der Waals surface area contributed by atoms with Gasteiger partial charge in [-0.25, -0.2) is 24.3 Å². The second-order valence-corrected chi connectivity index (χ2v) is 2.48. The lowest BCUT2D eigenvalue weighted by Crippen LogP contribution is -2.36. The standard InChI is InChI=1S/C6H8N4O4/c7-3-1-2-4(8)10(3)6(12)14-13-5(9)11/h7-8H,1-2H2,(H2,9,11). The molecule has 0 aromatic carbocycles. The molecule has 0 radical (unpaired) electrons. The van der Waals surface area contributed by atoms with E-state index in [0.29, 0.717) is 4.90 Å². The normalized spacial score (nSPS) is 15.6. The largest absolute Gasteiger partial charge is 0.463 e. The average molecular weight is 200 g/mol. The maximum Gasteiger partial charge on any atom is 0.463 e. The zero-order valence-electron chi connectivity index (χ0n) is 7.07. The molecular formula is C6H8N4O4. The van der Waals surface area contributed by atoms with Gasteiger partial charge in [0.2, 0.25) is 0 Å². The summed E-state index contributed by atoms with van der Waals surface area (Å²) >= 11 is 0. The fraction of sp³-hybridized carbons (Fsp3) is 0.333. The summed E-state index contributed by atoms with van der Waals surface area (Å²) < 4.78 is 0. The van der Waals surface area contributed by atoms with E-state index in [9.17, 15) is 9.59 Å². The van der Waals surface area contributed by atoms with Gasteiger partial charge in [0.15, 0.2) is 0 Å². The molecule has 76 valence electrons. The molecule has 0 spiro atoms. The third-order valence-corrected chi connectivity index (χ3v) is 1.52. The minimum atomic E-state index is -1.27. The number of hydrogen-bond donors (Lipinski definition) is 3. The van der Waals surface area contributed by atoms with Crippen molar-refractivity contribution in [3.05, 3.63) is 0 Å². The van der Waals surface area contributed by atoms with Crippen LogP contribution in [0.15, 0.2) is 0 Å². The minimum Gasteiger partial charge on any atom is -0.332 e. The van der Waals surface area contributed by atoms with Gasteiger partial charge in [-0.05, 0) is 0 Å². The Hall–Kier alpha value is -2.12. The molecule has 1 heterocycles. The summed E-state index contributed by atoms with van der Waals surface area (Å²) in [5.74, 6) is -0.152. The highest BCUT2D eigenvalue weighted by molar-refractivity contribution is 6.15. The molecule has 0 unspecified atom stereocenters. The van der Waals surface area contributed by atoms with E-state index in [4.69, 9.17) is 10.8 Å². The molecule has 0 aliphatic carbocycles. The Labute approximate surface area is 78.5 Å². The van der Waals surface area contributed by atoms with Crippen molar-refractivity contribution in [3.8, 4) is 0 Å². The van der Waals surface area contributed by atoms with Gasteiger partial charge in [-0.15, -0.1) is 0 Å². The van der Waals surface area contributed by atoms with Crippen molar-refractivity contribution in [1.29, 1.82) is 10.8 Å². The van der Waals surface area contributed by atoms with Gasteiger partial charge in [0.1, 0.15) is 11.7 Å². The van der Waals surface area contributed by atoms with Crippen molar-refractivity contribution in [1.82, 2.24) is 4.90 Å². The first-order valence-corrected chi connectivity index (χ1v) is 3.65. The van der Waals surface area contributed by atoms with E-state index in [0.717, 1.165) is 0 Å². The van der Waals surface area contributed by atoms with Crippen LogP contribution in [0.2, 0.25) is 0 Å². The first-order chi connectivity index (χ1) is 6.52. The molecule has 1 rings (SSSR count). The number of carbonyl (C=O) groups excluding carboxylic acids is 2. The first-order valence-electron chi connectivity index (χ1n) is 3.65. The molecule has 1 saturated heterocycles. The highest BCUT2D eigenvalue weighted by Crippen LogP contribution is 2.13. The Bertz CT molecular complexity index is 297. The molecule has 1 aliphatic heterocycles. The molecule has 2 amide bonds. The van der Waals surface area contributed by atoms with Gasteiger partial charge in [-0.1, -0.05) is 0 Å². The second-order valence-electron chi connectivity index (χ2n) is 2.48. The number of nitrogens with two attached hydrogens (primary N) is 1. The van der Waals surface area contributed by atoms with E-state index in [1.54, 1.807) is 0 Å². The summed E-state index contributed by atoms with van der Waals surface area (Å²) in [6.45, 7) is 0. The Kier molecular flexibility index (Phi) is 2.65. The van der Waals surface area contributed by atoms with Gasteiger partial charge >= 0.3 is 12.2 Å². The van der Waals surface area contributed by atoms with Crippen molar-refractivity contribution in [2.45, 2.75) is 12.8 Å². The lowest BCUT2D eigenvalue weighted by molar-refractivity contribution is -0.179. The van der Waals surface area contributed by atoms with Crippen molar-refractivity contribution in [2.24, 2.45) is 5.73 Å². The summed E-state index contributed by atoms with van der Waals surface area (Å²) in [5.41, 5.74) is 4.54. The molecule has 1 aliphatic rings. The molecule has 0 saturated carbocycles. The van der Waals surface area contributed by atoms with E-state index in [1.807, 2.05) is 0 Å². The average Bonchev–Trinajstić information content (AvgIpc) is 2.42. The van der Waals surface area contributed by atoms with Gasteiger partial charge in [0.25, 0.3) is 0 Å². The second kappa shape index (κ2) is 3.73. The molecule has 0 bridgehead atoms. The van der Waals surface area contributed by atoms with Crippen LogP contribution < -0.4 is 5.73 Å². The summed E-state index contributed by atoms with van der Waals surface area (Å²) in [4.78, 5) is 29.6. The van der Waals surface area contributed by atoms with Crippen molar-refractivity contribution >= 4 is 23.9 Å². The van der Waals surface area contributed by atoms with Gasteiger partial charge in [0.05, 0.1) is 0 Å². The predicted octanol–water partition coefficient (Wildman–Crippen LogP) is 0.184. The number of primary amides is 1. The summed E-state index contributed by atoms with van der Waals surface area (Å²) in [5, 5.41) is 14.5. The third-order valence-electron chi connectivity index (χ3n) is 1.52. The SMILES string of the molecule is N=C1CCC(=N)N1C(=O)OOC(N)=O. The molecule has 4 N–H and O–H groups in total. The Morgan fingerprint density at radius 3 is 2.14 bits per heavy atom. The number of nitrogens with one attached hydrogen (secondary N) is 2. The van der Waals surface area contributed by atoms with Crippen molar-refractivity contribution in [2.75, 3.05) is 0 Å². The topological polar surface area (TPSA) is 130 Å². The van der Waals surface area contributed by atoms with Gasteiger partial charge in [0, 0.05) is 12.8 Å². The monoisotopic (exact) mass is 200 g/mol. The van der Waals surface area contributed by atoms with Crippen LogP contribution in [0.5, 0.6) is 0 Å². The van der Waals surface area contributed by atoms with Crippen molar-refractivity contribution in [3.63, 3.8) is 0 Å². The molecule has 0 aromatic heterocycles. The Morgan fingerprint density at radius 1 is 1.21 bits per heavy atom. The summed E-state index contributed by atoms with van der Waals surface area (Å²) in [6, 6.07) is 0. The van der Waals surface area contributed by atoms with Crippen molar-refractivity contribution < 1.29 is 19.4 Å². The van der Waals surface area contributed by atoms with Crippen LogP contribution >= 0.6 is 0 Å². The van der Waals surface area contributed by atoms with Crippen LogP contribution in [0.4, 0.5) is 9.59 Å². The minimum absolute atomic E-state index is 0.0759. The quantitative estimate of drug-likeness (QED) is 0.380. The smallest absolute Gasteiger partial charge is 0.332 e. The lowest BCUT2D eigenvalue weighted by Gasteiger charge is -2.12. The molecule has 14 heavy (non-hydrogen) atoms. The van der Waals surface area contributed by atoms with Crippen LogP contribution in [-0.2, 0) is 9.78 Å². The van der Waals surface area contributed by atoms with Gasteiger partial charge in [-0.3, -0.25) is 10.8 Å². The molecule has 1 fully saturated rings. The third kappa shape index (κ3) is 1.97. The highest BCUT2D eigenvalue weighted by atomic mass is 17.2. The lowest BCUT2D eigenvalue weighted by atomic mass is 10.4. The summed E-state index contributed by atoms with van der Waals surface area (Å²) in [7, 11) is 0. The van der Waals surface area contributed by atoms with Crippen LogP contribution in [0.25, 0.3) is 0 Å². The first kappa shape index (κ1) is 9.96. The van der Waals surface area contributed by atoms with Crippen LogP contribution in [0.1, 0.15) is 12.8 Å². The number of amidine groups is 2. The zero-order chi connectivity index (χ0) is 10.7. The van der Waals surface area contributed by atoms with E-state index in [-0.39, 0.29) is 24.5 Å². The number of amides is 2. The number of hydrogen-bond acceptors (Lipinski definition) is 6. The Morgan fingerprint density at radius 2 is 1.71 bits per heavy atom.